The van der Waals surface area contributed by atoms with Crippen molar-refractivity contribution in [2.45, 2.75) is 89.9 Å². The van der Waals surface area contributed by atoms with Crippen molar-refractivity contribution in [2.24, 2.45) is 5.41 Å². The second-order valence-electron chi connectivity index (χ2n) is 9.87. The number of carbonyl (C=O) groups is 1. The van der Waals surface area contributed by atoms with Crippen molar-refractivity contribution in [1.29, 1.82) is 0 Å². The van der Waals surface area contributed by atoms with Crippen LogP contribution in [0.25, 0.3) is 0 Å². The van der Waals surface area contributed by atoms with Crippen LogP contribution in [0.4, 0.5) is 0 Å². The van der Waals surface area contributed by atoms with E-state index < -0.39 is 23.9 Å². The molecule has 0 aliphatic rings. The molecule has 1 aromatic heterocycles. The van der Waals surface area contributed by atoms with Crippen LogP contribution in [-0.2, 0) is 15.5 Å². The van der Waals surface area contributed by atoms with E-state index >= 15 is 0 Å². The van der Waals surface area contributed by atoms with Gasteiger partial charge in [0, 0.05) is 6.42 Å². The standard InChI is InChI=1S/C26H39O4PS/c1-5-6-10-17-26(25(2,3)4,31(29,30)19-21-12-8-7-9-13-21)23(14-11-15-24(27)28)22-16-18-32-20-22/h7-9,12-13,16,18,20,23H,5-6,10-11,14-15,17,19H2,1-4H3,(H,27,28)(H,29,30). The van der Waals surface area contributed by atoms with Crippen LogP contribution < -0.4 is 0 Å². The SMILES string of the molecule is CCCCCC(C(CCCC(=O)O)c1ccsc1)(C(C)(C)C)P(=O)(O)Cc1ccccc1. The van der Waals surface area contributed by atoms with Crippen molar-refractivity contribution in [3.05, 3.63) is 58.3 Å². The molecule has 0 amide bonds. The van der Waals surface area contributed by atoms with Gasteiger partial charge in [0.15, 0.2) is 0 Å². The van der Waals surface area contributed by atoms with Gasteiger partial charge in [-0.15, -0.1) is 0 Å². The largest absolute Gasteiger partial charge is 0.481 e. The van der Waals surface area contributed by atoms with E-state index in [0.717, 1.165) is 30.4 Å². The Morgan fingerprint density at radius 3 is 2.31 bits per heavy atom. The maximum Gasteiger partial charge on any atom is 0.303 e. The minimum absolute atomic E-state index is 0.0736. The van der Waals surface area contributed by atoms with E-state index in [0.29, 0.717) is 19.3 Å². The summed E-state index contributed by atoms with van der Waals surface area (Å²) in [5, 5.41) is 12.5. The molecule has 0 bridgehead atoms. The van der Waals surface area contributed by atoms with Gasteiger partial charge in [-0.2, -0.15) is 11.3 Å². The van der Waals surface area contributed by atoms with Crippen LogP contribution in [0.5, 0.6) is 0 Å². The van der Waals surface area contributed by atoms with Gasteiger partial charge in [0.2, 0.25) is 7.37 Å². The van der Waals surface area contributed by atoms with Crippen molar-refractivity contribution in [2.75, 3.05) is 0 Å². The Kier molecular flexibility index (Phi) is 9.75. The number of hydrogen-bond acceptors (Lipinski definition) is 3. The fraction of sp³-hybridized carbons (Fsp3) is 0.577. The molecule has 2 aromatic rings. The normalized spacial score (nSPS) is 16.8. The molecule has 0 radical (unpaired) electrons. The molecular weight excluding hydrogens is 439 g/mol. The van der Waals surface area contributed by atoms with Crippen LogP contribution in [0.2, 0.25) is 0 Å². The minimum atomic E-state index is -3.72. The van der Waals surface area contributed by atoms with Gasteiger partial charge in [-0.3, -0.25) is 9.36 Å². The first kappa shape index (κ1) is 26.8. The molecule has 0 saturated carbocycles. The average Bonchev–Trinajstić information content (AvgIpc) is 3.23. The number of carboxylic acid groups (broad SMARTS) is 1. The first-order chi connectivity index (χ1) is 15.0. The van der Waals surface area contributed by atoms with Crippen LogP contribution >= 0.6 is 18.7 Å². The highest BCUT2D eigenvalue weighted by Crippen LogP contribution is 2.71. The molecule has 1 aromatic carbocycles. The fourth-order valence-electron chi connectivity index (χ4n) is 5.24. The van der Waals surface area contributed by atoms with Gasteiger partial charge in [0.05, 0.1) is 11.3 Å². The summed E-state index contributed by atoms with van der Waals surface area (Å²) in [7, 11) is -3.72. The van der Waals surface area contributed by atoms with Crippen molar-refractivity contribution < 1.29 is 19.4 Å². The number of benzene rings is 1. The summed E-state index contributed by atoms with van der Waals surface area (Å²) < 4.78 is 14.5. The number of thiophene rings is 1. The third-order valence-electron chi connectivity index (χ3n) is 6.73. The maximum absolute atomic E-state index is 14.5. The minimum Gasteiger partial charge on any atom is -0.481 e. The van der Waals surface area contributed by atoms with Gasteiger partial charge >= 0.3 is 5.97 Å². The van der Waals surface area contributed by atoms with E-state index in [-0.39, 0.29) is 18.5 Å². The summed E-state index contributed by atoms with van der Waals surface area (Å²) in [4.78, 5) is 23.2. The van der Waals surface area contributed by atoms with Crippen LogP contribution in [-0.4, -0.2) is 21.1 Å². The molecule has 32 heavy (non-hydrogen) atoms. The van der Waals surface area contributed by atoms with E-state index in [1.165, 1.54) is 0 Å². The highest BCUT2D eigenvalue weighted by Gasteiger charge is 2.58. The third kappa shape index (κ3) is 6.34. The molecule has 2 N–H and O–H groups in total. The smallest absolute Gasteiger partial charge is 0.303 e. The van der Waals surface area contributed by atoms with Crippen molar-refractivity contribution in [3.8, 4) is 0 Å². The number of aliphatic carboxylic acids is 1. The van der Waals surface area contributed by atoms with E-state index in [4.69, 9.17) is 0 Å². The molecule has 2 rings (SSSR count). The van der Waals surface area contributed by atoms with Gasteiger partial charge in [-0.05, 0) is 58.5 Å². The summed E-state index contributed by atoms with van der Waals surface area (Å²) in [6.07, 6.45) is 4.87. The molecule has 4 nitrogen and oxygen atoms in total. The lowest BCUT2D eigenvalue weighted by Gasteiger charge is -2.53. The predicted molar refractivity (Wildman–Crippen MR) is 135 cm³/mol. The monoisotopic (exact) mass is 478 g/mol. The molecule has 3 unspecified atom stereocenters. The summed E-state index contributed by atoms with van der Waals surface area (Å²) in [6, 6.07) is 11.6. The summed E-state index contributed by atoms with van der Waals surface area (Å²) in [5.41, 5.74) is 1.49. The lowest BCUT2D eigenvalue weighted by molar-refractivity contribution is -0.137. The van der Waals surface area contributed by atoms with Gasteiger partial charge in [0.1, 0.15) is 0 Å². The van der Waals surface area contributed by atoms with Crippen LogP contribution in [0.3, 0.4) is 0 Å². The Bertz CT molecular complexity index is 873. The van der Waals surface area contributed by atoms with Gasteiger partial charge in [-0.1, -0.05) is 77.3 Å². The Labute approximate surface area is 197 Å². The fourth-order valence-corrected chi connectivity index (χ4v) is 9.27. The second kappa shape index (κ2) is 11.6. The number of hydrogen-bond donors (Lipinski definition) is 2. The molecule has 1 heterocycles. The molecule has 0 fully saturated rings. The van der Waals surface area contributed by atoms with Gasteiger partial charge in [0.25, 0.3) is 0 Å². The van der Waals surface area contributed by atoms with Crippen LogP contribution in [0.15, 0.2) is 47.2 Å². The van der Waals surface area contributed by atoms with Crippen molar-refractivity contribution >= 4 is 24.7 Å². The topological polar surface area (TPSA) is 74.6 Å². The molecule has 3 atom stereocenters. The molecule has 0 saturated heterocycles. The molecule has 178 valence electrons. The Morgan fingerprint density at radius 1 is 1.09 bits per heavy atom. The van der Waals surface area contributed by atoms with E-state index in [1.807, 2.05) is 35.7 Å². The van der Waals surface area contributed by atoms with Crippen LogP contribution in [0.1, 0.15) is 89.7 Å². The summed E-state index contributed by atoms with van der Waals surface area (Å²) in [6.45, 7) is 8.40. The molecule has 6 heteroatoms. The van der Waals surface area contributed by atoms with Crippen LogP contribution in [0, 0.1) is 5.41 Å². The third-order valence-corrected chi connectivity index (χ3v) is 10.7. The summed E-state index contributed by atoms with van der Waals surface area (Å²) in [5.74, 6) is -0.998. The zero-order chi connectivity index (χ0) is 23.8. The Hall–Kier alpha value is -1.42. The van der Waals surface area contributed by atoms with Crippen molar-refractivity contribution in [1.82, 2.24) is 0 Å². The van der Waals surface area contributed by atoms with Gasteiger partial charge < -0.3 is 10.00 Å². The lowest BCUT2D eigenvalue weighted by atomic mass is 9.66. The van der Waals surface area contributed by atoms with Gasteiger partial charge in [-0.25, -0.2) is 0 Å². The average molecular weight is 479 g/mol. The molecule has 0 aliphatic heterocycles. The number of carboxylic acids is 1. The van der Waals surface area contributed by atoms with Crippen molar-refractivity contribution in [3.63, 3.8) is 0 Å². The first-order valence-corrected chi connectivity index (χ1v) is 14.4. The molecule has 0 aliphatic carbocycles. The maximum atomic E-state index is 14.5. The number of unbranched alkanes of at least 4 members (excludes halogenated alkanes) is 2. The summed E-state index contributed by atoms with van der Waals surface area (Å²) >= 11 is 1.59. The zero-order valence-corrected chi connectivity index (χ0v) is 21.6. The lowest BCUT2D eigenvalue weighted by Crippen LogP contribution is -2.48. The predicted octanol–water partition coefficient (Wildman–Crippen LogP) is 7.92. The highest BCUT2D eigenvalue weighted by molar-refractivity contribution is 7.59. The highest BCUT2D eigenvalue weighted by atomic mass is 32.1. The quantitative estimate of drug-likeness (QED) is 0.226. The Morgan fingerprint density at radius 2 is 1.78 bits per heavy atom. The number of rotatable bonds is 13. The first-order valence-electron chi connectivity index (χ1n) is 11.6. The second-order valence-corrected chi connectivity index (χ2v) is 13.2. The molecule has 0 spiro atoms. The molecular formula is C26H39O4PS. The van der Waals surface area contributed by atoms with E-state index in [9.17, 15) is 19.4 Å². The van der Waals surface area contributed by atoms with E-state index in [1.54, 1.807) is 11.3 Å². The zero-order valence-electron chi connectivity index (χ0n) is 19.9. The Balaban J connectivity index is 2.63. The van der Waals surface area contributed by atoms with E-state index in [2.05, 4.69) is 39.1 Å².